The first-order valence-corrected chi connectivity index (χ1v) is 6.52. The number of aromatic nitrogens is 1. The van der Waals surface area contributed by atoms with Crippen molar-refractivity contribution in [2.75, 3.05) is 20.1 Å². The van der Waals surface area contributed by atoms with E-state index in [1.165, 1.54) is 0 Å². The molecule has 18 heavy (non-hydrogen) atoms. The van der Waals surface area contributed by atoms with Crippen LogP contribution in [-0.4, -0.2) is 42.0 Å². The van der Waals surface area contributed by atoms with Gasteiger partial charge in [0, 0.05) is 24.8 Å². The van der Waals surface area contributed by atoms with E-state index in [1.54, 1.807) is 0 Å². The highest BCUT2D eigenvalue weighted by molar-refractivity contribution is 5.95. The SMILES string of the molecule is CNC1CCCN(C(=O)c2ccc(C)nc2C)C1. The summed E-state index contributed by atoms with van der Waals surface area (Å²) in [6.45, 7) is 5.49. The lowest BCUT2D eigenvalue weighted by Crippen LogP contribution is -2.47. The summed E-state index contributed by atoms with van der Waals surface area (Å²) in [4.78, 5) is 18.8. The fourth-order valence-electron chi connectivity index (χ4n) is 2.48. The van der Waals surface area contributed by atoms with Crippen LogP contribution in [0.15, 0.2) is 12.1 Å². The third-order valence-electron chi connectivity index (χ3n) is 3.57. The summed E-state index contributed by atoms with van der Waals surface area (Å²) in [5.74, 6) is 0.111. The van der Waals surface area contributed by atoms with Crippen molar-refractivity contribution < 1.29 is 4.79 Å². The van der Waals surface area contributed by atoms with Crippen molar-refractivity contribution in [2.45, 2.75) is 32.7 Å². The number of carbonyl (C=O) groups is 1. The molecule has 0 bridgehead atoms. The molecule has 1 aliphatic rings. The third-order valence-corrected chi connectivity index (χ3v) is 3.57. The van der Waals surface area contributed by atoms with E-state index in [0.29, 0.717) is 6.04 Å². The third kappa shape index (κ3) is 2.70. The van der Waals surface area contributed by atoms with E-state index in [-0.39, 0.29) is 5.91 Å². The zero-order valence-electron chi connectivity index (χ0n) is 11.4. The molecule has 1 saturated heterocycles. The van der Waals surface area contributed by atoms with Crippen LogP contribution in [0.1, 0.15) is 34.6 Å². The first kappa shape index (κ1) is 13.0. The molecule has 98 valence electrons. The Labute approximate surface area is 108 Å². The standard InChI is InChI=1S/C14H21N3O/c1-10-6-7-13(11(2)16-10)14(18)17-8-4-5-12(9-17)15-3/h6-7,12,15H,4-5,8-9H2,1-3H3. The number of pyridine rings is 1. The number of hydrogen-bond donors (Lipinski definition) is 1. The number of amides is 1. The van der Waals surface area contributed by atoms with Crippen molar-refractivity contribution in [1.29, 1.82) is 0 Å². The Morgan fingerprint density at radius 1 is 1.44 bits per heavy atom. The molecule has 1 N–H and O–H groups in total. The molecule has 1 fully saturated rings. The molecule has 0 aromatic carbocycles. The smallest absolute Gasteiger partial charge is 0.255 e. The second-order valence-electron chi connectivity index (χ2n) is 4.96. The average molecular weight is 247 g/mol. The van der Waals surface area contributed by atoms with Gasteiger partial charge in [0.1, 0.15) is 0 Å². The molecule has 1 aromatic rings. The van der Waals surface area contributed by atoms with E-state index >= 15 is 0 Å². The van der Waals surface area contributed by atoms with Crippen molar-refractivity contribution in [1.82, 2.24) is 15.2 Å². The van der Waals surface area contributed by atoms with Gasteiger partial charge in [-0.1, -0.05) is 0 Å². The van der Waals surface area contributed by atoms with Crippen LogP contribution in [0.4, 0.5) is 0 Å². The van der Waals surface area contributed by atoms with Gasteiger partial charge in [0.25, 0.3) is 5.91 Å². The Bertz CT molecular complexity index is 445. The minimum Gasteiger partial charge on any atom is -0.337 e. The highest BCUT2D eigenvalue weighted by atomic mass is 16.2. The van der Waals surface area contributed by atoms with Gasteiger partial charge >= 0.3 is 0 Å². The maximum absolute atomic E-state index is 12.5. The predicted molar refractivity (Wildman–Crippen MR) is 71.7 cm³/mol. The Morgan fingerprint density at radius 3 is 2.89 bits per heavy atom. The molecule has 4 nitrogen and oxygen atoms in total. The predicted octanol–water partition coefficient (Wildman–Crippen LogP) is 1.52. The van der Waals surface area contributed by atoms with Crippen LogP contribution in [0.5, 0.6) is 0 Å². The van der Waals surface area contributed by atoms with Gasteiger partial charge in [0.15, 0.2) is 0 Å². The van der Waals surface area contributed by atoms with E-state index in [4.69, 9.17) is 0 Å². The molecule has 1 amide bonds. The molecule has 1 atom stereocenters. The van der Waals surface area contributed by atoms with Gasteiger partial charge in [-0.25, -0.2) is 0 Å². The summed E-state index contributed by atoms with van der Waals surface area (Å²) in [7, 11) is 1.96. The van der Waals surface area contributed by atoms with Crippen molar-refractivity contribution in [3.05, 3.63) is 29.1 Å². The Hall–Kier alpha value is -1.42. The monoisotopic (exact) mass is 247 g/mol. The number of carbonyl (C=O) groups excluding carboxylic acids is 1. The van der Waals surface area contributed by atoms with Gasteiger partial charge in [-0.3, -0.25) is 9.78 Å². The Balaban J connectivity index is 2.15. The molecular formula is C14H21N3O. The second kappa shape index (κ2) is 5.48. The molecule has 0 aliphatic carbocycles. The zero-order valence-corrected chi connectivity index (χ0v) is 11.4. The average Bonchev–Trinajstić information content (AvgIpc) is 2.38. The molecule has 1 aliphatic heterocycles. The number of nitrogens with zero attached hydrogens (tertiary/aromatic N) is 2. The van der Waals surface area contributed by atoms with Crippen LogP contribution >= 0.6 is 0 Å². The first-order chi connectivity index (χ1) is 8.61. The highest BCUT2D eigenvalue weighted by Crippen LogP contribution is 2.15. The molecule has 0 saturated carbocycles. The van der Waals surface area contributed by atoms with Crippen LogP contribution in [0.3, 0.4) is 0 Å². The topological polar surface area (TPSA) is 45.2 Å². The molecule has 4 heteroatoms. The molecule has 1 unspecified atom stereocenters. The highest BCUT2D eigenvalue weighted by Gasteiger charge is 2.24. The summed E-state index contributed by atoms with van der Waals surface area (Å²) >= 11 is 0. The van der Waals surface area contributed by atoms with Gasteiger partial charge in [-0.15, -0.1) is 0 Å². The van der Waals surface area contributed by atoms with Crippen LogP contribution < -0.4 is 5.32 Å². The first-order valence-electron chi connectivity index (χ1n) is 6.52. The van der Waals surface area contributed by atoms with Crippen LogP contribution in [-0.2, 0) is 0 Å². The van der Waals surface area contributed by atoms with Crippen LogP contribution in [0.25, 0.3) is 0 Å². The summed E-state index contributed by atoms with van der Waals surface area (Å²) < 4.78 is 0. The second-order valence-corrected chi connectivity index (χ2v) is 4.96. The van der Waals surface area contributed by atoms with Gasteiger partial charge in [0.2, 0.25) is 0 Å². The normalized spacial score (nSPS) is 19.9. The van der Waals surface area contributed by atoms with E-state index in [9.17, 15) is 4.79 Å². The number of piperidine rings is 1. The number of likely N-dealkylation sites (N-methyl/N-ethyl adjacent to an activating group) is 1. The van der Waals surface area contributed by atoms with E-state index in [1.807, 2.05) is 37.9 Å². The Morgan fingerprint density at radius 2 is 2.22 bits per heavy atom. The van der Waals surface area contributed by atoms with E-state index in [2.05, 4.69) is 10.3 Å². The van der Waals surface area contributed by atoms with Crippen molar-refractivity contribution >= 4 is 5.91 Å². The molecule has 0 radical (unpaired) electrons. The summed E-state index contributed by atoms with van der Waals surface area (Å²) in [5.41, 5.74) is 2.51. The van der Waals surface area contributed by atoms with Gasteiger partial charge in [-0.2, -0.15) is 0 Å². The lowest BCUT2D eigenvalue weighted by molar-refractivity contribution is 0.0697. The van der Waals surface area contributed by atoms with Gasteiger partial charge in [0.05, 0.1) is 11.3 Å². The molecule has 2 rings (SSSR count). The van der Waals surface area contributed by atoms with E-state index < -0.39 is 0 Å². The van der Waals surface area contributed by atoms with Crippen LogP contribution in [0.2, 0.25) is 0 Å². The lowest BCUT2D eigenvalue weighted by atomic mass is 10.0. The number of likely N-dealkylation sites (tertiary alicyclic amines) is 1. The molecular weight excluding hydrogens is 226 g/mol. The summed E-state index contributed by atoms with van der Waals surface area (Å²) in [6, 6.07) is 4.21. The van der Waals surface area contributed by atoms with Gasteiger partial charge < -0.3 is 10.2 Å². The zero-order chi connectivity index (χ0) is 13.1. The lowest BCUT2D eigenvalue weighted by Gasteiger charge is -2.32. The quantitative estimate of drug-likeness (QED) is 0.862. The van der Waals surface area contributed by atoms with E-state index in [0.717, 1.165) is 42.9 Å². The summed E-state index contributed by atoms with van der Waals surface area (Å²) in [5, 5.41) is 3.25. The summed E-state index contributed by atoms with van der Waals surface area (Å²) in [6.07, 6.45) is 2.21. The largest absolute Gasteiger partial charge is 0.337 e. The van der Waals surface area contributed by atoms with Gasteiger partial charge in [-0.05, 0) is 45.9 Å². The number of nitrogens with one attached hydrogen (secondary N) is 1. The minimum absolute atomic E-state index is 0.111. The number of hydrogen-bond acceptors (Lipinski definition) is 3. The van der Waals surface area contributed by atoms with Crippen molar-refractivity contribution in [3.8, 4) is 0 Å². The van der Waals surface area contributed by atoms with Crippen molar-refractivity contribution in [2.24, 2.45) is 0 Å². The maximum atomic E-state index is 12.5. The fourth-order valence-corrected chi connectivity index (χ4v) is 2.48. The Kier molecular flexibility index (Phi) is 3.97. The molecule has 1 aromatic heterocycles. The fraction of sp³-hybridized carbons (Fsp3) is 0.571. The minimum atomic E-state index is 0.111. The molecule has 2 heterocycles. The maximum Gasteiger partial charge on any atom is 0.255 e. The number of aryl methyl sites for hydroxylation is 2. The number of rotatable bonds is 2. The van der Waals surface area contributed by atoms with Crippen LogP contribution in [0, 0.1) is 13.8 Å². The van der Waals surface area contributed by atoms with Crippen molar-refractivity contribution in [3.63, 3.8) is 0 Å². The molecule has 0 spiro atoms.